The Labute approximate surface area is 137 Å². The predicted molar refractivity (Wildman–Crippen MR) is 90.4 cm³/mol. The van der Waals surface area contributed by atoms with Crippen LogP contribution in [0.1, 0.15) is 39.3 Å². The predicted octanol–water partition coefficient (Wildman–Crippen LogP) is 3.26. The van der Waals surface area contributed by atoms with Gasteiger partial charge in [0.2, 0.25) is 5.91 Å². The normalized spacial score (nSPS) is 26.0. The largest absolute Gasteiger partial charge is 0.388 e. The third-order valence-corrected chi connectivity index (χ3v) is 5.81. The van der Waals surface area contributed by atoms with Gasteiger partial charge in [-0.2, -0.15) is 0 Å². The summed E-state index contributed by atoms with van der Waals surface area (Å²) in [7, 11) is 0. The third kappa shape index (κ3) is 3.33. The Morgan fingerprint density at radius 3 is 2.43 bits per heavy atom. The number of hydrogen-bond acceptors (Lipinski definition) is 4. The smallest absolute Gasteiger partial charge is 0.245 e. The van der Waals surface area contributed by atoms with Crippen LogP contribution in [0, 0.1) is 0 Å². The summed E-state index contributed by atoms with van der Waals surface area (Å²) < 4.78 is 0.0925. The minimum absolute atomic E-state index is 0.0648. The van der Waals surface area contributed by atoms with Gasteiger partial charge in [0.1, 0.15) is 4.75 Å². The first-order valence-electron chi connectivity index (χ1n) is 6.69. The van der Waals surface area contributed by atoms with Gasteiger partial charge in [0.15, 0.2) is 5.17 Å². The second-order valence-corrected chi connectivity index (χ2v) is 8.13. The maximum Gasteiger partial charge on any atom is 0.245 e. The second kappa shape index (κ2) is 5.74. The molecule has 1 aromatic carbocycles. The molecule has 1 saturated heterocycles. The van der Waals surface area contributed by atoms with Gasteiger partial charge in [-0.05, 0) is 45.4 Å². The zero-order valence-electron chi connectivity index (χ0n) is 12.5. The third-order valence-electron chi connectivity index (χ3n) is 3.79. The number of nitrogens with one attached hydrogen (secondary N) is 1. The summed E-state index contributed by atoms with van der Waals surface area (Å²) in [4.78, 5) is 16.7. The summed E-state index contributed by atoms with van der Waals surface area (Å²) in [6.45, 7) is 6.99. The number of benzene rings is 1. The summed E-state index contributed by atoms with van der Waals surface area (Å²) >= 11 is 4.69. The first-order chi connectivity index (χ1) is 9.63. The fourth-order valence-electron chi connectivity index (χ4n) is 1.93. The summed E-state index contributed by atoms with van der Waals surface area (Å²) in [5.74, 6) is -0.207. The average Bonchev–Trinajstić information content (AvgIpc) is 2.66. The van der Waals surface area contributed by atoms with Gasteiger partial charge in [0, 0.05) is 4.47 Å². The minimum Gasteiger partial charge on any atom is -0.388 e. The summed E-state index contributed by atoms with van der Waals surface area (Å²) in [6.07, 6.45) is 0. The van der Waals surface area contributed by atoms with Gasteiger partial charge in [-0.25, -0.2) is 0 Å². The van der Waals surface area contributed by atoms with Crippen molar-refractivity contribution < 1.29 is 9.90 Å². The van der Waals surface area contributed by atoms with E-state index in [1.54, 1.807) is 20.8 Å². The van der Waals surface area contributed by atoms with Crippen LogP contribution in [0.3, 0.4) is 0 Å². The molecule has 1 heterocycles. The number of aliphatic imine (C=N–C) groups is 1. The lowest BCUT2D eigenvalue weighted by Crippen LogP contribution is -2.50. The topological polar surface area (TPSA) is 61.7 Å². The number of aliphatic hydroxyl groups is 1. The lowest BCUT2D eigenvalue weighted by Gasteiger charge is -2.32. The van der Waals surface area contributed by atoms with E-state index in [4.69, 9.17) is 0 Å². The molecule has 1 aliphatic rings. The number of thioether (sulfide) groups is 1. The van der Waals surface area contributed by atoms with Crippen LogP contribution in [0.15, 0.2) is 33.7 Å². The molecule has 0 aromatic heterocycles. The Balaban J connectivity index is 2.20. The van der Waals surface area contributed by atoms with E-state index in [-0.39, 0.29) is 11.9 Å². The fraction of sp³-hybridized carbons (Fsp3) is 0.467. The molecule has 0 aliphatic carbocycles. The molecule has 114 valence electrons. The summed E-state index contributed by atoms with van der Waals surface area (Å²) in [5.41, 5.74) is -0.0581. The van der Waals surface area contributed by atoms with Crippen molar-refractivity contribution in [3.63, 3.8) is 0 Å². The van der Waals surface area contributed by atoms with Crippen LogP contribution in [-0.2, 0) is 4.79 Å². The number of hydrogen-bond donors (Lipinski definition) is 2. The SMILES string of the molecule is C[C@H](N=C1NC(=O)C(C)(C(C)(C)O)S1)c1ccc(Br)cc1. The van der Waals surface area contributed by atoms with Crippen molar-refractivity contribution in [3.8, 4) is 0 Å². The van der Waals surface area contributed by atoms with Crippen LogP contribution >= 0.6 is 27.7 Å². The molecule has 1 unspecified atom stereocenters. The maximum absolute atomic E-state index is 12.1. The Kier molecular flexibility index (Phi) is 4.52. The molecule has 2 N–H and O–H groups in total. The van der Waals surface area contributed by atoms with E-state index in [0.29, 0.717) is 5.17 Å². The average molecular weight is 371 g/mol. The molecule has 1 aliphatic heterocycles. The van der Waals surface area contributed by atoms with Crippen molar-refractivity contribution >= 4 is 38.8 Å². The Morgan fingerprint density at radius 2 is 1.95 bits per heavy atom. The molecular formula is C15H19BrN2O2S. The van der Waals surface area contributed by atoms with Crippen LogP contribution in [0.5, 0.6) is 0 Å². The minimum atomic E-state index is -1.13. The fourth-order valence-corrected chi connectivity index (χ4v) is 3.33. The zero-order chi connectivity index (χ0) is 15.8. The van der Waals surface area contributed by atoms with Crippen LogP contribution < -0.4 is 5.32 Å². The highest BCUT2D eigenvalue weighted by Gasteiger charge is 2.52. The highest BCUT2D eigenvalue weighted by molar-refractivity contribution is 9.10. The van der Waals surface area contributed by atoms with E-state index in [9.17, 15) is 9.90 Å². The number of amidine groups is 1. The Bertz CT molecular complexity index is 580. The number of halogens is 1. The van der Waals surface area contributed by atoms with Gasteiger partial charge < -0.3 is 10.4 Å². The van der Waals surface area contributed by atoms with Crippen molar-refractivity contribution in [1.82, 2.24) is 5.32 Å². The highest BCUT2D eigenvalue weighted by Crippen LogP contribution is 2.41. The van der Waals surface area contributed by atoms with Crippen molar-refractivity contribution in [2.75, 3.05) is 0 Å². The highest BCUT2D eigenvalue weighted by atomic mass is 79.9. The van der Waals surface area contributed by atoms with E-state index in [0.717, 1.165) is 10.0 Å². The molecule has 21 heavy (non-hydrogen) atoms. The van der Waals surface area contributed by atoms with Gasteiger partial charge in [-0.1, -0.05) is 39.8 Å². The molecule has 4 nitrogen and oxygen atoms in total. The quantitative estimate of drug-likeness (QED) is 0.858. The van der Waals surface area contributed by atoms with E-state index in [2.05, 4.69) is 26.2 Å². The van der Waals surface area contributed by atoms with E-state index in [1.807, 2.05) is 31.2 Å². The molecule has 1 amide bonds. The number of rotatable bonds is 3. The molecule has 2 rings (SSSR count). The number of amides is 1. The number of nitrogens with zero attached hydrogens (tertiary/aromatic N) is 1. The molecule has 0 spiro atoms. The lowest BCUT2D eigenvalue weighted by molar-refractivity contribution is -0.126. The standard InChI is InChI=1S/C15H19BrN2O2S/c1-9(10-5-7-11(16)8-6-10)17-13-18-12(19)15(4,21-13)14(2,3)20/h5-9,20H,1-4H3,(H,17,18,19)/t9-,15?/m0/s1. The molecule has 1 aromatic rings. The van der Waals surface area contributed by atoms with Crippen molar-refractivity contribution in [3.05, 3.63) is 34.3 Å². The zero-order valence-corrected chi connectivity index (χ0v) is 14.9. The van der Waals surface area contributed by atoms with Gasteiger partial charge in [-0.15, -0.1) is 0 Å². The molecule has 2 atom stereocenters. The van der Waals surface area contributed by atoms with Crippen LogP contribution in [0.4, 0.5) is 0 Å². The number of carbonyl (C=O) groups excluding carboxylic acids is 1. The van der Waals surface area contributed by atoms with Crippen LogP contribution in [0.2, 0.25) is 0 Å². The Morgan fingerprint density at radius 1 is 1.38 bits per heavy atom. The van der Waals surface area contributed by atoms with Gasteiger partial charge in [0.05, 0.1) is 11.6 Å². The molecule has 0 saturated carbocycles. The van der Waals surface area contributed by atoms with Gasteiger partial charge in [-0.3, -0.25) is 9.79 Å². The van der Waals surface area contributed by atoms with E-state index < -0.39 is 10.3 Å². The molecule has 6 heteroatoms. The Hall–Kier alpha value is -0.850. The van der Waals surface area contributed by atoms with Crippen LogP contribution in [-0.4, -0.2) is 26.5 Å². The van der Waals surface area contributed by atoms with E-state index >= 15 is 0 Å². The summed E-state index contributed by atoms with van der Waals surface area (Å²) in [6, 6.07) is 7.86. The van der Waals surface area contributed by atoms with Gasteiger partial charge >= 0.3 is 0 Å². The van der Waals surface area contributed by atoms with Crippen molar-refractivity contribution in [2.45, 2.75) is 44.1 Å². The second-order valence-electron chi connectivity index (χ2n) is 5.81. The first-order valence-corrected chi connectivity index (χ1v) is 8.30. The summed E-state index contributed by atoms with van der Waals surface area (Å²) in [5, 5.41) is 13.5. The first kappa shape index (κ1) is 16.5. The monoisotopic (exact) mass is 370 g/mol. The van der Waals surface area contributed by atoms with Crippen molar-refractivity contribution in [2.24, 2.45) is 4.99 Å². The van der Waals surface area contributed by atoms with Crippen LogP contribution in [0.25, 0.3) is 0 Å². The lowest BCUT2D eigenvalue weighted by atomic mass is 9.91. The molecule has 0 bridgehead atoms. The van der Waals surface area contributed by atoms with Gasteiger partial charge in [0.25, 0.3) is 0 Å². The van der Waals surface area contributed by atoms with E-state index in [1.165, 1.54) is 11.8 Å². The number of carbonyl (C=O) groups is 1. The molecule has 1 fully saturated rings. The van der Waals surface area contributed by atoms with Crippen molar-refractivity contribution in [1.29, 1.82) is 0 Å². The molecule has 0 radical (unpaired) electrons. The molecular weight excluding hydrogens is 352 g/mol. The maximum atomic E-state index is 12.1.